The van der Waals surface area contributed by atoms with Gasteiger partial charge in [-0.2, -0.15) is 0 Å². The fourth-order valence-electron chi connectivity index (χ4n) is 2.84. The monoisotopic (exact) mass is 396 g/mol. The third-order valence-electron chi connectivity index (χ3n) is 4.26. The van der Waals surface area contributed by atoms with Crippen molar-refractivity contribution in [1.29, 1.82) is 0 Å². The number of carbonyl (C=O) groups excluding carboxylic acids is 1. The lowest BCUT2D eigenvalue weighted by Crippen LogP contribution is -2.15. The largest absolute Gasteiger partial charge is 0.485 e. The van der Waals surface area contributed by atoms with Crippen LogP contribution in [0.3, 0.4) is 0 Å². The van der Waals surface area contributed by atoms with E-state index in [1.54, 1.807) is 0 Å². The molecule has 1 aromatic heterocycles. The minimum Gasteiger partial charge on any atom is -0.485 e. The third-order valence-corrected chi connectivity index (χ3v) is 5.11. The number of rotatable bonds is 7. The van der Waals surface area contributed by atoms with Crippen LogP contribution in [0.15, 0.2) is 41.6 Å². The zero-order valence-corrected chi connectivity index (χ0v) is 17.3. The van der Waals surface area contributed by atoms with Crippen LogP contribution in [0, 0.1) is 27.7 Å². The highest BCUT2D eigenvalue weighted by molar-refractivity contribution is 7.99. The summed E-state index contributed by atoms with van der Waals surface area (Å²) in [4.78, 5) is 16.6. The van der Waals surface area contributed by atoms with Gasteiger partial charge in [0.2, 0.25) is 11.1 Å². The van der Waals surface area contributed by atoms with E-state index < -0.39 is 0 Å². The van der Waals surface area contributed by atoms with Gasteiger partial charge in [0.15, 0.2) is 5.82 Å². The fourth-order valence-corrected chi connectivity index (χ4v) is 3.46. The van der Waals surface area contributed by atoms with Crippen LogP contribution in [0.5, 0.6) is 5.75 Å². The summed E-state index contributed by atoms with van der Waals surface area (Å²) < 4.78 is 5.87. The number of para-hydroxylation sites is 1. The first-order valence-corrected chi connectivity index (χ1v) is 10.0. The van der Waals surface area contributed by atoms with Crippen LogP contribution in [-0.4, -0.2) is 26.8 Å². The lowest BCUT2D eigenvalue weighted by atomic mass is 10.1. The predicted molar refractivity (Wildman–Crippen MR) is 112 cm³/mol. The number of hydrogen-bond acceptors (Lipinski definition) is 5. The van der Waals surface area contributed by atoms with Crippen LogP contribution < -0.4 is 10.1 Å². The van der Waals surface area contributed by atoms with Crippen molar-refractivity contribution in [3.05, 3.63) is 64.5 Å². The summed E-state index contributed by atoms with van der Waals surface area (Å²) in [6.45, 7) is 8.33. The van der Waals surface area contributed by atoms with E-state index in [4.69, 9.17) is 4.74 Å². The highest BCUT2D eigenvalue weighted by Gasteiger charge is 2.10. The first-order valence-electron chi connectivity index (χ1n) is 9.02. The number of ether oxygens (including phenoxy) is 1. The lowest BCUT2D eigenvalue weighted by molar-refractivity contribution is -0.113. The van der Waals surface area contributed by atoms with Gasteiger partial charge in [0.05, 0.1) is 5.75 Å². The molecule has 1 amide bonds. The van der Waals surface area contributed by atoms with Gasteiger partial charge in [-0.05, 0) is 50.5 Å². The number of benzene rings is 2. The minimum atomic E-state index is -0.0879. The van der Waals surface area contributed by atoms with Crippen molar-refractivity contribution < 1.29 is 9.53 Å². The molecule has 0 fully saturated rings. The highest BCUT2D eigenvalue weighted by atomic mass is 32.2. The Morgan fingerprint density at radius 3 is 2.57 bits per heavy atom. The molecule has 3 aromatic rings. The second-order valence-corrected chi connectivity index (χ2v) is 7.67. The predicted octanol–water partition coefficient (Wildman–Crippen LogP) is 4.35. The molecule has 0 saturated heterocycles. The van der Waals surface area contributed by atoms with Gasteiger partial charge in [-0.3, -0.25) is 9.89 Å². The first-order chi connectivity index (χ1) is 13.4. The number of carbonyl (C=O) groups is 1. The normalized spacial score (nSPS) is 10.7. The molecule has 28 heavy (non-hydrogen) atoms. The molecule has 2 aromatic carbocycles. The number of hydrogen-bond donors (Lipinski definition) is 2. The van der Waals surface area contributed by atoms with Crippen molar-refractivity contribution >= 4 is 23.4 Å². The minimum absolute atomic E-state index is 0.0879. The van der Waals surface area contributed by atoms with Gasteiger partial charge in [-0.25, -0.2) is 4.98 Å². The highest BCUT2D eigenvalue weighted by Crippen LogP contribution is 2.23. The third kappa shape index (κ3) is 5.13. The van der Waals surface area contributed by atoms with Crippen LogP contribution in [-0.2, 0) is 11.4 Å². The quantitative estimate of drug-likeness (QED) is 0.581. The smallest absolute Gasteiger partial charge is 0.234 e. The number of H-pyrrole nitrogens is 1. The summed E-state index contributed by atoms with van der Waals surface area (Å²) in [5.74, 6) is 1.64. The maximum absolute atomic E-state index is 12.2. The summed E-state index contributed by atoms with van der Waals surface area (Å²) in [6.07, 6.45) is 0. The number of thioether (sulfide) groups is 1. The van der Waals surface area contributed by atoms with Gasteiger partial charge < -0.3 is 10.1 Å². The molecule has 1 heterocycles. The average molecular weight is 397 g/mol. The Kier molecular flexibility index (Phi) is 6.36. The van der Waals surface area contributed by atoms with E-state index in [1.807, 2.05) is 64.1 Å². The first kappa shape index (κ1) is 19.9. The number of aromatic amines is 1. The molecular formula is C21H24N4O2S. The van der Waals surface area contributed by atoms with E-state index in [0.29, 0.717) is 17.6 Å². The summed E-state index contributed by atoms with van der Waals surface area (Å²) in [7, 11) is 0. The molecule has 0 saturated carbocycles. The van der Waals surface area contributed by atoms with Crippen LogP contribution in [0.4, 0.5) is 5.69 Å². The second-order valence-electron chi connectivity index (χ2n) is 6.73. The van der Waals surface area contributed by atoms with Crippen molar-refractivity contribution in [2.45, 2.75) is 39.5 Å². The van der Waals surface area contributed by atoms with E-state index in [1.165, 1.54) is 17.3 Å². The van der Waals surface area contributed by atoms with E-state index in [2.05, 4.69) is 20.5 Å². The molecule has 0 atom stereocenters. The van der Waals surface area contributed by atoms with E-state index >= 15 is 0 Å². The summed E-state index contributed by atoms with van der Waals surface area (Å²) in [5, 5.41) is 10.5. The summed E-state index contributed by atoms with van der Waals surface area (Å²) in [5.41, 5.74) is 5.20. The maximum Gasteiger partial charge on any atom is 0.234 e. The van der Waals surface area contributed by atoms with Crippen LogP contribution in [0.1, 0.15) is 28.1 Å². The second kappa shape index (κ2) is 8.93. The van der Waals surface area contributed by atoms with Crippen LogP contribution in [0.25, 0.3) is 0 Å². The lowest BCUT2D eigenvalue weighted by Gasteiger charge is -2.10. The Morgan fingerprint density at radius 2 is 1.86 bits per heavy atom. The van der Waals surface area contributed by atoms with Gasteiger partial charge in [-0.15, -0.1) is 5.10 Å². The number of nitrogens with one attached hydrogen (secondary N) is 2. The molecule has 0 bridgehead atoms. The van der Waals surface area contributed by atoms with Gasteiger partial charge in [-0.1, -0.05) is 47.7 Å². The number of amides is 1. The Morgan fingerprint density at radius 1 is 1.11 bits per heavy atom. The van der Waals surface area contributed by atoms with Gasteiger partial charge in [0.1, 0.15) is 12.4 Å². The molecule has 0 spiro atoms. The number of nitrogens with zero attached hydrogens (tertiary/aromatic N) is 2. The standard InChI is InChI=1S/C21H24N4O2S/c1-13-8-9-17(16(4)10-13)22-19(26)12-28-21-23-18(24-25-21)11-27-20-14(2)6-5-7-15(20)3/h5-10H,11-12H2,1-4H3,(H,22,26)(H,23,24,25). The summed E-state index contributed by atoms with van der Waals surface area (Å²) >= 11 is 1.28. The average Bonchev–Trinajstić information content (AvgIpc) is 3.10. The maximum atomic E-state index is 12.2. The molecule has 2 N–H and O–H groups in total. The Balaban J connectivity index is 1.51. The Bertz CT molecular complexity index is 964. The molecule has 3 rings (SSSR count). The Hall–Kier alpha value is -2.80. The van der Waals surface area contributed by atoms with E-state index in [0.717, 1.165) is 28.1 Å². The Labute approximate surface area is 169 Å². The number of aromatic nitrogens is 3. The summed E-state index contributed by atoms with van der Waals surface area (Å²) in [6, 6.07) is 12.0. The van der Waals surface area contributed by atoms with Gasteiger partial charge >= 0.3 is 0 Å². The molecular weight excluding hydrogens is 372 g/mol. The fraction of sp³-hybridized carbons (Fsp3) is 0.286. The van der Waals surface area contributed by atoms with E-state index in [-0.39, 0.29) is 11.7 Å². The van der Waals surface area contributed by atoms with Gasteiger partial charge in [0.25, 0.3) is 0 Å². The van der Waals surface area contributed by atoms with E-state index in [9.17, 15) is 4.79 Å². The van der Waals surface area contributed by atoms with Crippen molar-refractivity contribution in [2.24, 2.45) is 0 Å². The molecule has 0 aliphatic carbocycles. The number of aryl methyl sites for hydroxylation is 4. The zero-order valence-electron chi connectivity index (χ0n) is 16.5. The topological polar surface area (TPSA) is 79.9 Å². The molecule has 0 unspecified atom stereocenters. The van der Waals surface area contributed by atoms with Crippen molar-refractivity contribution in [2.75, 3.05) is 11.1 Å². The van der Waals surface area contributed by atoms with Crippen molar-refractivity contribution in [3.8, 4) is 5.75 Å². The zero-order chi connectivity index (χ0) is 20.1. The number of anilines is 1. The molecule has 7 heteroatoms. The molecule has 0 radical (unpaired) electrons. The SMILES string of the molecule is Cc1ccc(NC(=O)CSc2n[nH]c(COc3c(C)cccc3C)n2)c(C)c1. The molecule has 6 nitrogen and oxygen atoms in total. The van der Waals surface area contributed by atoms with Crippen LogP contribution in [0.2, 0.25) is 0 Å². The molecule has 0 aliphatic heterocycles. The van der Waals surface area contributed by atoms with Crippen molar-refractivity contribution in [3.63, 3.8) is 0 Å². The van der Waals surface area contributed by atoms with Crippen molar-refractivity contribution in [1.82, 2.24) is 15.2 Å². The molecule has 0 aliphatic rings. The molecule has 146 valence electrons. The van der Waals surface area contributed by atoms with Crippen LogP contribution >= 0.6 is 11.8 Å². The van der Waals surface area contributed by atoms with Gasteiger partial charge in [0, 0.05) is 5.69 Å².